The molecule has 2 aliphatic carbocycles. The average Bonchev–Trinajstić information content (AvgIpc) is 3.69. The van der Waals surface area contributed by atoms with Crippen molar-refractivity contribution in [2.75, 3.05) is 48.0 Å². The summed E-state index contributed by atoms with van der Waals surface area (Å²) in [4.78, 5) is 40.7. The Morgan fingerprint density at radius 1 is 1.02 bits per heavy atom. The minimum Gasteiger partial charge on any atom is -0.496 e. The fourth-order valence-electron chi connectivity index (χ4n) is 12.1. The van der Waals surface area contributed by atoms with E-state index in [1.54, 1.807) is 14.2 Å². The Kier molecular flexibility index (Phi) is 8.12. The minimum absolute atomic E-state index is 0.00289. The number of methoxy groups -OCH3 is 3. The van der Waals surface area contributed by atoms with Crippen molar-refractivity contribution in [1.29, 1.82) is 0 Å². The molecule has 2 aromatic carbocycles. The number of benzene rings is 2. The Morgan fingerprint density at radius 3 is 2.60 bits per heavy atom. The van der Waals surface area contributed by atoms with Crippen LogP contribution in [0.3, 0.4) is 0 Å². The molecule has 4 aromatic rings. The quantitative estimate of drug-likeness (QED) is 0.181. The standard InChI is InChI=1S/C43H52N4O5/c1-7-24-15-23-20-43(42(49)52-6)39-27(13-14-47(21-23)40(24)43)29-17-30(36(50-4)19-34(29)45-39)31-16-28-25(8-2)22-46(3)35(37(28)41(48)51-5)18-32-26-11-9-10-12-33(26)44-38(31)32/h8-12,17,19,23-24,28,31,35,37,40,44-45H,7,13-16,18,20-22H2,1-6H3/b25-8-/t23?,24-,28+,31+,35?,37?,40-,43+/m0/s1. The Morgan fingerprint density at radius 2 is 1.85 bits per heavy atom. The molecule has 9 nitrogen and oxygen atoms in total. The van der Waals surface area contributed by atoms with Crippen molar-refractivity contribution in [1.82, 2.24) is 19.8 Å². The van der Waals surface area contributed by atoms with Crippen LogP contribution in [-0.4, -0.2) is 91.8 Å². The largest absolute Gasteiger partial charge is 0.496 e. The third-order valence-corrected chi connectivity index (χ3v) is 14.1. The first-order valence-electron chi connectivity index (χ1n) is 19.3. The molecule has 0 spiro atoms. The Labute approximate surface area is 306 Å². The van der Waals surface area contributed by atoms with E-state index in [2.05, 4.69) is 83.1 Å². The number of hydrogen-bond donors (Lipinski definition) is 2. The molecule has 10 rings (SSSR count). The number of hydrogen-bond acceptors (Lipinski definition) is 7. The maximum Gasteiger partial charge on any atom is 0.319 e. The molecule has 3 saturated heterocycles. The van der Waals surface area contributed by atoms with Gasteiger partial charge in [-0.2, -0.15) is 0 Å². The molecule has 9 heteroatoms. The first kappa shape index (κ1) is 33.7. The molecule has 2 N–H and O–H groups in total. The predicted octanol–water partition coefficient (Wildman–Crippen LogP) is 6.49. The highest BCUT2D eigenvalue weighted by atomic mass is 16.5. The molecule has 52 heavy (non-hydrogen) atoms. The van der Waals surface area contributed by atoms with Gasteiger partial charge in [0.05, 0.1) is 27.2 Å². The van der Waals surface area contributed by atoms with Crippen LogP contribution in [0.4, 0.5) is 0 Å². The van der Waals surface area contributed by atoms with E-state index in [9.17, 15) is 9.59 Å². The molecule has 0 amide bonds. The second-order valence-electron chi connectivity index (χ2n) is 16.3. The van der Waals surface area contributed by atoms with Crippen molar-refractivity contribution in [2.45, 2.75) is 75.8 Å². The van der Waals surface area contributed by atoms with Crippen LogP contribution in [0.5, 0.6) is 5.75 Å². The third-order valence-electron chi connectivity index (χ3n) is 14.1. The average molecular weight is 705 g/mol. The van der Waals surface area contributed by atoms with E-state index in [1.807, 2.05) is 0 Å². The van der Waals surface area contributed by atoms with E-state index in [1.165, 1.54) is 41.3 Å². The van der Waals surface area contributed by atoms with Crippen LogP contribution in [0.2, 0.25) is 0 Å². The maximum absolute atomic E-state index is 14.2. The van der Waals surface area contributed by atoms with Crippen LogP contribution in [-0.2, 0) is 37.3 Å². The number of allylic oxidation sites excluding steroid dienone is 1. The van der Waals surface area contributed by atoms with Crippen molar-refractivity contribution in [3.63, 3.8) is 0 Å². The molecule has 1 saturated carbocycles. The number of piperidine rings is 3. The van der Waals surface area contributed by atoms with E-state index >= 15 is 0 Å². The van der Waals surface area contributed by atoms with Crippen LogP contribution in [0.15, 0.2) is 48.0 Å². The highest BCUT2D eigenvalue weighted by Gasteiger charge is 2.62. The zero-order valence-corrected chi connectivity index (χ0v) is 31.4. The number of aromatic nitrogens is 2. The number of likely N-dealkylation sites (tertiary alicyclic amines) is 1. The number of rotatable bonds is 5. The van der Waals surface area contributed by atoms with Gasteiger partial charge in [-0.3, -0.25) is 19.4 Å². The van der Waals surface area contributed by atoms with Crippen molar-refractivity contribution in [3.05, 3.63) is 76.1 Å². The predicted molar refractivity (Wildman–Crippen MR) is 202 cm³/mol. The van der Waals surface area contributed by atoms with Gasteiger partial charge in [0.1, 0.15) is 11.2 Å². The van der Waals surface area contributed by atoms with Crippen LogP contribution in [0, 0.1) is 23.7 Å². The first-order valence-corrected chi connectivity index (χ1v) is 19.3. The molecule has 6 heterocycles. The van der Waals surface area contributed by atoms with Crippen LogP contribution in [0.25, 0.3) is 21.8 Å². The number of nitrogens with one attached hydrogen (secondary N) is 2. The number of nitrogens with zero attached hydrogens (tertiary/aromatic N) is 2. The van der Waals surface area contributed by atoms with Crippen molar-refractivity contribution in [2.24, 2.45) is 23.7 Å². The summed E-state index contributed by atoms with van der Waals surface area (Å²) in [5.41, 5.74) is 8.50. The fraction of sp³-hybridized carbons (Fsp3) is 0.535. The number of aromatic amines is 2. The van der Waals surface area contributed by atoms with Gasteiger partial charge in [0, 0.05) is 82.5 Å². The Hall–Kier alpha value is -4.08. The van der Waals surface area contributed by atoms with Crippen molar-refractivity contribution < 1.29 is 23.8 Å². The molecular formula is C43H52N4O5. The lowest BCUT2D eigenvalue weighted by atomic mass is 9.56. The number of fused-ring (bicyclic) bond motifs is 9. The summed E-state index contributed by atoms with van der Waals surface area (Å²) in [5, 5.41) is 2.36. The zero-order valence-electron chi connectivity index (χ0n) is 31.4. The van der Waals surface area contributed by atoms with E-state index < -0.39 is 5.41 Å². The van der Waals surface area contributed by atoms with Crippen molar-refractivity contribution >= 4 is 33.7 Å². The van der Waals surface area contributed by atoms with Gasteiger partial charge in [0.25, 0.3) is 0 Å². The van der Waals surface area contributed by atoms with Gasteiger partial charge >= 0.3 is 11.9 Å². The maximum atomic E-state index is 14.2. The van der Waals surface area contributed by atoms with E-state index in [4.69, 9.17) is 14.2 Å². The van der Waals surface area contributed by atoms with E-state index in [0.717, 1.165) is 85.2 Å². The van der Waals surface area contributed by atoms with Gasteiger partial charge in [-0.25, -0.2) is 0 Å². The third kappa shape index (κ3) is 4.67. The number of carbonyl (C=O) groups is 2. The topological polar surface area (TPSA) is 99.9 Å². The van der Waals surface area contributed by atoms with Gasteiger partial charge in [0.2, 0.25) is 0 Å². The molecule has 6 aliphatic rings. The van der Waals surface area contributed by atoms with E-state index in [0.29, 0.717) is 11.8 Å². The SMILES string of the molecule is C/C=C1/CN(C)C2Cc3c([nH]c4ccccc34)[C@@H](c3cc4c5c([nH]c4cc3OC)[C@]3(C(=O)OC)CC4C[C@H](CC)[C@@H]3N(CC5)C4)C[C@H]1C2C(=O)OC. The van der Waals surface area contributed by atoms with Gasteiger partial charge in [-0.05, 0) is 87.1 Å². The molecule has 4 unspecified atom stereocenters. The zero-order chi connectivity index (χ0) is 36.1. The molecule has 4 fully saturated rings. The highest BCUT2D eigenvalue weighted by Crippen LogP contribution is 2.56. The molecule has 6 bridgehead atoms. The second-order valence-corrected chi connectivity index (χ2v) is 16.3. The van der Waals surface area contributed by atoms with E-state index in [-0.39, 0.29) is 41.8 Å². The molecule has 0 radical (unpaired) electrons. The molecule has 2 aromatic heterocycles. The fourth-order valence-corrected chi connectivity index (χ4v) is 12.1. The summed E-state index contributed by atoms with van der Waals surface area (Å²) in [6, 6.07) is 13.2. The molecular weight excluding hydrogens is 652 g/mol. The number of esters is 2. The first-order chi connectivity index (χ1) is 25.3. The number of para-hydroxylation sites is 1. The van der Waals surface area contributed by atoms with Crippen LogP contribution in [0.1, 0.15) is 73.5 Å². The van der Waals surface area contributed by atoms with Gasteiger partial charge in [-0.15, -0.1) is 0 Å². The lowest BCUT2D eigenvalue weighted by Crippen LogP contribution is -2.67. The summed E-state index contributed by atoms with van der Waals surface area (Å²) in [5.74, 6) is 1.10. The monoisotopic (exact) mass is 704 g/mol. The van der Waals surface area contributed by atoms with Gasteiger partial charge in [-0.1, -0.05) is 43.2 Å². The van der Waals surface area contributed by atoms with Gasteiger partial charge < -0.3 is 24.2 Å². The number of carbonyl (C=O) groups excluding carboxylic acids is 2. The lowest BCUT2D eigenvalue weighted by Gasteiger charge is -2.57. The summed E-state index contributed by atoms with van der Waals surface area (Å²) in [6.07, 6.45) is 7.60. The second kappa shape index (κ2) is 12.5. The smallest absolute Gasteiger partial charge is 0.319 e. The summed E-state index contributed by atoms with van der Waals surface area (Å²) in [7, 11) is 6.98. The highest BCUT2D eigenvalue weighted by molar-refractivity contribution is 5.93. The molecule has 9 atom stereocenters. The summed E-state index contributed by atoms with van der Waals surface area (Å²) >= 11 is 0. The molecule has 4 aliphatic heterocycles. The summed E-state index contributed by atoms with van der Waals surface area (Å²) < 4.78 is 17.6. The van der Waals surface area contributed by atoms with Crippen molar-refractivity contribution in [3.8, 4) is 5.75 Å². The number of likely N-dealkylation sites (N-methyl/N-ethyl adjacent to an activating group) is 1. The van der Waals surface area contributed by atoms with Crippen LogP contribution < -0.4 is 4.74 Å². The minimum atomic E-state index is -0.725. The lowest BCUT2D eigenvalue weighted by molar-refractivity contribution is -0.162. The normalized spacial score (nSPS) is 33.2. The van der Waals surface area contributed by atoms with Gasteiger partial charge in [0.15, 0.2) is 0 Å². The number of H-pyrrole nitrogens is 2. The Balaban J connectivity index is 1.28. The Bertz CT molecular complexity index is 2110. The van der Waals surface area contributed by atoms with Crippen LogP contribution >= 0.6 is 0 Å². The number of ether oxygens (including phenoxy) is 3. The summed E-state index contributed by atoms with van der Waals surface area (Å²) in [6.45, 7) is 7.17. The molecule has 274 valence electrons.